The van der Waals surface area contributed by atoms with Crippen molar-refractivity contribution < 1.29 is 9.53 Å². The highest BCUT2D eigenvalue weighted by Crippen LogP contribution is 2.35. The minimum absolute atomic E-state index is 0.0105. The fourth-order valence-corrected chi connectivity index (χ4v) is 5.68. The van der Waals surface area contributed by atoms with E-state index < -0.39 is 0 Å². The fourth-order valence-electron chi connectivity index (χ4n) is 4.38. The van der Waals surface area contributed by atoms with Crippen molar-refractivity contribution in [1.29, 1.82) is 0 Å². The molecule has 0 spiro atoms. The Balaban J connectivity index is 1.58. The molecule has 38 heavy (non-hydrogen) atoms. The molecule has 0 N–H and O–H groups in total. The van der Waals surface area contributed by atoms with E-state index >= 15 is 0 Å². The molecule has 0 saturated carbocycles. The summed E-state index contributed by atoms with van der Waals surface area (Å²) in [5.41, 5.74) is 3.58. The molecule has 1 aromatic heterocycles. The molecule has 1 aliphatic heterocycles. The third-order valence-corrected chi connectivity index (χ3v) is 7.91. The lowest BCUT2D eigenvalue weighted by molar-refractivity contribution is -0.122. The van der Waals surface area contributed by atoms with Gasteiger partial charge in [0.25, 0.3) is 5.91 Å². The average molecular weight is 548 g/mol. The number of para-hydroxylation sites is 1. The Morgan fingerprint density at radius 2 is 1.71 bits per heavy atom. The maximum Gasteiger partial charge on any atom is 0.266 e. The number of thioether (sulfide) groups is 1. The number of hydrogen-bond donors (Lipinski definition) is 0. The van der Waals surface area contributed by atoms with Crippen LogP contribution in [0.15, 0.2) is 65.7 Å². The third kappa shape index (κ3) is 7.35. The highest BCUT2D eigenvalue weighted by molar-refractivity contribution is 8.26. The fraction of sp³-hybridized carbons (Fsp3) is 0.387. The van der Waals surface area contributed by atoms with Gasteiger partial charge in [0.15, 0.2) is 0 Å². The number of rotatable bonds is 14. The molecule has 0 bridgehead atoms. The van der Waals surface area contributed by atoms with Crippen molar-refractivity contribution in [2.24, 2.45) is 0 Å². The van der Waals surface area contributed by atoms with Crippen molar-refractivity contribution in [2.45, 2.75) is 65.2 Å². The Hall–Kier alpha value is -2.90. The largest absolute Gasteiger partial charge is 0.494 e. The lowest BCUT2D eigenvalue weighted by atomic mass is 10.1. The Kier molecular flexibility index (Phi) is 10.6. The van der Waals surface area contributed by atoms with Crippen LogP contribution < -0.4 is 4.74 Å². The van der Waals surface area contributed by atoms with Crippen LogP contribution in [0.3, 0.4) is 0 Å². The number of thiocarbonyl (C=S) groups is 1. The molecular formula is C31H37N3O2S2. The smallest absolute Gasteiger partial charge is 0.266 e. The average Bonchev–Trinajstić information content (AvgIpc) is 3.47. The topological polar surface area (TPSA) is 47.4 Å². The zero-order chi connectivity index (χ0) is 26.7. The molecular weight excluding hydrogens is 510 g/mol. The molecule has 200 valence electrons. The molecule has 1 saturated heterocycles. The van der Waals surface area contributed by atoms with Crippen LogP contribution in [0.2, 0.25) is 0 Å². The second-order valence-electron chi connectivity index (χ2n) is 9.54. The molecule has 2 aromatic carbocycles. The molecule has 0 radical (unpaired) electrons. The van der Waals surface area contributed by atoms with Gasteiger partial charge in [-0.1, -0.05) is 107 Å². The Morgan fingerprint density at radius 3 is 2.50 bits per heavy atom. The van der Waals surface area contributed by atoms with Crippen molar-refractivity contribution >= 4 is 40.3 Å². The molecule has 0 unspecified atom stereocenters. The predicted molar refractivity (Wildman–Crippen MR) is 163 cm³/mol. The van der Waals surface area contributed by atoms with E-state index in [-0.39, 0.29) is 5.91 Å². The summed E-state index contributed by atoms with van der Waals surface area (Å²) >= 11 is 6.98. The molecule has 7 heteroatoms. The summed E-state index contributed by atoms with van der Waals surface area (Å²) in [6.45, 7) is 5.74. The van der Waals surface area contributed by atoms with Gasteiger partial charge in [0.1, 0.15) is 15.8 Å². The van der Waals surface area contributed by atoms with Crippen LogP contribution in [0.25, 0.3) is 23.0 Å². The molecule has 4 rings (SSSR count). The van der Waals surface area contributed by atoms with E-state index in [1.807, 2.05) is 71.6 Å². The van der Waals surface area contributed by atoms with E-state index in [1.54, 1.807) is 4.90 Å². The van der Waals surface area contributed by atoms with Crippen LogP contribution in [0.1, 0.15) is 70.8 Å². The summed E-state index contributed by atoms with van der Waals surface area (Å²) in [7, 11) is 0. The van der Waals surface area contributed by atoms with E-state index in [4.69, 9.17) is 22.1 Å². The molecule has 1 aliphatic rings. The van der Waals surface area contributed by atoms with E-state index in [0.717, 1.165) is 53.9 Å². The van der Waals surface area contributed by atoms with Gasteiger partial charge >= 0.3 is 0 Å². The highest BCUT2D eigenvalue weighted by Gasteiger charge is 2.32. The second-order valence-corrected chi connectivity index (χ2v) is 11.2. The van der Waals surface area contributed by atoms with Gasteiger partial charge < -0.3 is 4.74 Å². The summed E-state index contributed by atoms with van der Waals surface area (Å²) in [5.74, 6) is 0.810. The first-order chi connectivity index (χ1) is 18.6. The van der Waals surface area contributed by atoms with Crippen LogP contribution in [-0.2, 0) is 4.79 Å². The maximum absolute atomic E-state index is 13.3. The number of carbonyl (C=O) groups is 1. The van der Waals surface area contributed by atoms with Crippen LogP contribution >= 0.6 is 24.0 Å². The lowest BCUT2D eigenvalue weighted by Gasteiger charge is -2.14. The van der Waals surface area contributed by atoms with Crippen molar-refractivity contribution in [3.63, 3.8) is 0 Å². The van der Waals surface area contributed by atoms with Gasteiger partial charge in [-0.2, -0.15) is 5.10 Å². The summed E-state index contributed by atoms with van der Waals surface area (Å²) < 4.78 is 8.46. The van der Waals surface area contributed by atoms with Crippen molar-refractivity contribution in [2.75, 3.05) is 13.2 Å². The molecule has 5 nitrogen and oxygen atoms in total. The first kappa shape index (κ1) is 28.1. The SMILES string of the molecule is CCCCCCCCN1C(=O)/C(=C/c2cn(-c3ccccc3)nc2-c2cccc(OCCCC)c2)SC1=S. The first-order valence-corrected chi connectivity index (χ1v) is 15.0. The van der Waals surface area contributed by atoms with Crippen molar-refractivity contribution in [3.05, 3.63) is 71.3 Å². The van der Waals surface area contributed by atoms with Gasteiger partial charge in [-0.15, -0.1) is 0 Å². The highest BCUT2D eigenvalue weighted by atomic mass is 32.2. The Morgan fingerprint density at radius 1 is 0.947 bits per heavy atom. The quantitative estimate of drug-likeness (QED) is 0.115. The molecule has 3 aromatic rings. The number of hydrogen-bond acceptors (Lipinski definition) is 5. The number of carbonyl (C=O) groups excluding carboxylic acids is 1. The third-order valence-electron chi connectivity index (χ3n) is 6.53. The molecule has 1 amide bonds. The molecule has 1 fully saturated rings. The summed E-state index contributed by atoms with van der Waals surface area (Å²) in [5, 5.41) is 4.93. The van der Waals surface area contributed by atoms with Gasteiger partial charge in [0, 0.05) is 23.9 Å². The van der Waals surface area contributed by atoms with Crippen molar-refractivity contribution in [3.8, 4) is 22.7 Å². The minimum Gasteiger partial charge on any atom is -0.494 e. The first-order valence-electron chi connectivity index (χ1n) is 13.7. The van der Waals surface area contributed by atoms with Crippen molar-refractivity contribution in [1.82, 2.24) is 14.7 Å². The molecule has 0 aliphatic carbocycles. The summed E-state index contributed by atoms with van der Waals surface area (Å²) in [6, 6.07) is 18.0. The van der Waals surface area contributed by atoms with E-state index in [1.165, 1.54) is 37.4 Å². The predicted octanol–water partition coefficient (Wildman–Crippen LogP) is 8.28. The molecule has 2 heterocycles. The van der Waals surface area contributed by atoms with Gasteiger partial charge in [-0.3, -0.25) is 9.69 Å². The normalized spacial score (nSPS) is 14.6. The number of nitrogens with zero attached hydrogens (tertiary/aromatic N) is 3. The maximum atomic E-state index is 13.3. The number of ether oxygens (including phenoxy) is 1. The zero-order valence-electron chi connectivity index (χ0n) is 22.4. The zero-order valence-corrected chi connectivity index (χ0v) is 24.0. The van der Waals surface area contributed by atoms with Crippen LogP contribution in [-0.4, -0.2) is 38.1 Å². The Labute approximate surface area is 236 Å². The van der Waals surface area contributed by atoms with E-state index in [9.17, 15) is 4.79 Å². The van der Waals surface area contributed by atoms with Gasteiger partial charge in [0.2, 0.25) is 0 Å². The lowest BCUT2D eigenvalue weighted by Crippen LogP contribution is -2.29. The number of unbranched alkanes of at least 4 members (excludes halogenated alkanes) is 6. The van der Waals surface area contributed by atoms with Crippen LogP contribution in [0.4, 0.5) is 0 Å². The second kappa shape index (κ2) is 14.3. The number of amides is 1. The Bertz CT molecular complexity index is 1250. The minimum atomic E-state index is -0.0105. The van der Waals surface area contributed by atoms with Gasteiger partial charge in [-0.25, -0.2) is 4.68 Å². The van der Waals surface area contributed by atoms with Gasteiger partial charge in [-0.05, 0) is 43.2 Å². The van der Waals surface area contributed by atoms with Crippen LogP contribution in [0, 0.1) is 0 Å². The number of benzene rings is 2. The monoisotopic (exact) mass is 547 g/mol. The summed E-state index contributed by atoms with van der Waals surface area (Å²) in [4.78, 5) is 15.7. The van der Waals surface area contributed by atoms with E-state index in [2.05, 4.69) is 13.8 Å². The summed E-state index contributed by atoms with van der Waals surface area (Å²) in [6.07, 6.45) is 13.1. The van der Waals surface area contributed by atoms with Crippen LogP contribution in [0.5, 0.6) is 5.75 Å². The number of aromatic nitrogens is 2. The van der Waals surface area contributed by atoms with E-state index in [0.29, 0.717) is 22.4 Å². The molecule has 0 atom stereocenters. The standard InChI is InChI=1S/C31H37N3O2S2/c1-3-5-7-8-9-13-19-33-30(35)28(38-31(33)37)22-25-23-34(26-16-11-10-12-17-26)32-29(25)24-15-14-18-27(21-24)36-20-6-4-2/h10-12,14-18,21-23H,3-9,13,19-20H2,1-2H3/b28-22-. The van der Waals surface area contributed by atoms with Gasteiger partial charge in [0.05, 0.1) is 17.2 Å².